The predicted octanol–water partition coefficient (Wildman–Crippen LogP) is 4.21. The van der Waals surface area contributed by atoms with E-state index in [1.165, 1.54) is 23.1 Å². The van der Waals surface area contributed by atoms with Crippen molar-refractivity contribution >= 4 is 39.2 Å². The lowest BCUT2D eigenvalue weighted by molar-refractivity contribution is -0.119. The van der Waals surface area contributed by atoms with Crippen LogP contribution < -0.4 is 10.9 Å². The molecular weight excluding hydrogens is 378 g/mol. The number of nitrogens with zero attached hydrogens (tertiary/aromatic N) is 1. The summed E-state index contributed by atoms with van der Waals surface area (Å²) in [6.07, 6.45) is 0. The zero-order valence-electron chi connectivity index (χ0n) is 15.8. The second kappa shape index (κ2) is 8.27. The third-order valence-corrected chi connectivity index (χ3v) is 6.38. The quantitative estimate of drug-likeness (QED) is 0.479. The first-order valence-electron chi connectivity index (χ1n) is 8.87. The van der Waals surface area contributed by atoms with Gasteiger partial charge in [-0.15, -0.1) is 11.3 Å². The number of rotatable bonds is 6. The van der Waals surface area contributed by atoms with Gasteiger partial charge < -0.3 is 10.3 Å². The molecule has 0 fully saturated rings. The number of amides is 1. The summed E-state index contributed by atoms with van der Waals surface area (Å²) in [4.78, 5) is 34.0. The Bertz CT molecular complexity index is 1010. The van der Waals surface area contributed by atoms with Crippen molar-refractivity contribution in [2.45, 2.75) is 38.9 Å². The Labute approximate surface area is 166 Å². The highest BCUT2D eigenvalue weighted by Gasteiger charge is 2.17. The van der Waals surface area contributed by atoms with Crippen LogP contribution in [0.4, 0.5) is 0 Å². The number of carbonyl (C=O) groups excluding carboxylic acids is 1. The summed E-state index contributed by atoms with van der Waals surface area (Å²) < 4.78 is 0. The first kappa shape index (κ1) is 19.6. The molecule has 0 saturated carbocycles. The Morgan fingerprint density at radius 1 is 1.26 bits per heavy atom. The van der Waals surface area contributed by atoms with E-state index in [0.717, 1.165) is 16.0 Å². The summed E-state index contributed by atoms with van der Waals surface area (Å²) in [5, 5.41) is 4.05. The van der Waals surface area contributed by atoms with Gasteiger partial charge in [0.1, 0.15) is 4.83 Å². The first-order valence-corrected chi connectivity index (χ1v) is 10.7. The Kier molecular flexibility index (Phi) is 6.01. The molecule has 0 aliphatic heterocycles. The van der Waals surface area contributed by atoms with Crippen molar-refractivity contribution in [3.05, 3.63) is 45.6 Å². The summed E-state index contributed by atoms with van der Waals surface area (Å²) >= 11 is 2.76. The van der Waals surface area contributed by atoms with Crippen LogP contribution in [0.2, 0.25) is 0 Å². The van der Waals surface area contributed by atoms with Crippen LogP contribution in [0.25, 0.3) is 21.3 Å². The van der Waals surface area contributed by atoms with Gasteiger partial charge in [-0.1, -0.05) is 55.9 Å². The molecule has 142 valence electrons. The molecule has 0 radical (unpaired) electrons. The lowest BCUT2D eigenvalue weighted by Crippen LogP contribution is -2.37. The van der Waals surface area contributed by atoms with Crippen LogP contribution in [0.5, 0.6) is 0 Å². The summed E-state index contributed by atoms with van der Waals surface area (Å²) in [6, 6.07) is 9.98. The lowest BCUT2D eigenvalue weighted by atomic mass is 10.0. The van der Waals surface area contributed by atoms with Crippen molar-refractivity contribution in [2.24, 2.45) is 5.92 Å². The third kappa shape index (κ3) is 4.42. The Morgan fingerprint density at radius 3 is 2.63 bits per heavy atom. The average Bonchev–Trinajstić information content (AvgIpc) is 2.97. The number of thiophene rings is 1. The molecule has 0 aliphatic carbocycles. The minimum absolute atomic E-state index is 0.0590. The van der Waals surface area contributed by atoms with Crippen LogP contribution in [0, 0.1) is 12.8 Å². The maximum absolute atomic E-state index is 12.7. The van der Waals surface area contributed by atoms with E-state index in [0.29, 0.717) is 21.3 Å². The van der Waals surface area contributed by atoms with Gasteiger partial charge in [0, 0.05) is 16.5 Å². The van der Waals surface area contributed by atoms with Crippen molar-refractivity contribution in [3.8, 4) is 11.1 Å². The van der Waals surface area contributed by atoms with E-state index in [9.17, 15) is 9.59 Å². The molecule has 27 heavy (non-hydrogen) atoms. The molecule has 5 nitrogen and oxygen atoms in total. The van der Waals surface area contributed by atoms with Crippen molar-refractivity contribution in [1.29, 1.82) is 0 Å². The van der Waals surface area contributed by atoms with E-state index in [4.69, 9.17) is 0 Å². The fourth-order valence-corrected chi connectivity index (χ4v) is 4.49. The Balaban J connectivity index is 1.84. The molecule has 0 saturated heterocycles. The predicted molar refractivity (Wildman–Crippen MR) is 114 cm³/mol. The summed E-state index contributed by atoms with van der Waals surface area (Å²) in [6.45, 7) is 8.11. The van der Waals surface area contributed by atoms with E-state index in [1.807, 2.05) is 44.2 Å². The molecular formula is C20H23N3O2S2. The largest absolute Gasteiger partial charge is 0.353 e. The van der Waals surface area contributed by atoms with Gasteiger partial charge in [-0.25, -0.2) is 4.98 Å². The van der Waals surface area contributed by atoms with Gasteiger partial charge in [0.15, 0.2) is 5.16 Å². The zero-order chi connectivity index (χ0) is 19.6. The zero-order valence-corrected chi connectivity index (χ0v) is 17.5. The molecule has 3 aromatic rings. The van der Waals surface area contributed by atoms with Crippen molar-refractivity contribution in [1.82, 2.24) is 15.3 Å². The Hall–Kier alpha value is -2.12. The van der Waals surface area contributed by atoms with E-state index >= 15 is 0 Å². The number of benzene rings is 1. The molecule has 0 aliphatic rings. The highest BCUT2D eigenvalue weighted by atomic mass is 32.2. The highest BCUT2D eigenvalue weighted by Crippen LogP contribution is 2.35. The number of hydrogen-bond donors (Lipinski definition) is 2. The number of thioether (sulfide) groups is 1. The number of aromatic amines is 1. The average molecular weight is 402 g/mol. The second-order valence-electron chi connectivity index (χ2n) is 6.84. The highest BCUT2D eigenvalue weighted by molar-refractivity contribution is 7.99. The van der Waals surface area contributed by atoms with E-state index in [2.05, 4.69) is 29.1 Å². The fraction of sp³-hybridized carbons (Fsp3) is 0.350. The fourth-order valence-electron chi connectivity index (χ4n) is 2.72. The number of nitrogens with one attached hydrogen (secondary N) is 2. The number of fused-ring (bicyclic) bond motifs is 1. The monoisotopic (exact) mass is 401 g/mol. The molecule has 0 spiro atoms. The molecule has 0 unspecified atom stereocenters. The molecule has 2 N–H and O–H groups in total. The number of H-pyrrole nitrogens is 1. The van der Waals surface area contributed by atoms with Crippen LogP contribution in [0.3, 0.4) is 0 Å². The SMILES string of the molecule is Cc1sc2nc(SCC(=O)N[C@@H](C)C(C)C)[nH]c(=O)c2c1-c1ccccc1. The second-order valence-corrected chi connectivity index (χ2v) is 9.01. The minimum Gasteiger partial charge on any atom is -0.353 e. The molecule has 2 aromatic heterocycles. The van der Waals surface area contributed by atoms with Crippen LogP contribution in [0.1, 0.15) is 25.6 Å². The van der Waals surface area contributed by atoms with Gasteiger partial charge >= 0.3 is 0 Å². The van der Waals surface area contributed by atoms with Gasteiger partial charge in [0.2, 0.25) is 5.91 Å². The van der Waals surface area contributed by atoms with Crippen LogP contribution in [0.15, 0.2) is 40.3 Å². The number of carbonyl (C=O) groups is 1. The molecule has 1 aromatic carbocycles. The van der Waals surface area contributed by atoms with Crippen LogP contribution >= 0.6 is 23.1 Å². The van der Waals surface area contributed by atoms with Gasteiger partial charge in [-0.2, -0.15) is 0 Å². The minimum atomic E-state index is -0.165. The smallest absolute Gasteiger partial charge is 0.260 e. The molecule has 3 rings (SSSR count). The summed E-state index contributed by atoms with van der Waals surface area (Å²) in [7, 11) is 0. The standard InChI is InChI=1S/C20H23N3O2S2/c1-11(2)12(3)21-15(24)10-26-20-22-18(25)17-16(13(4)27-19(17)23-20)14-8-6-5-7-9-14/h5-9,11-12H,10H2,1-4H3,(H,21,24)(H,22,23,25)/t12-/m0/s1. The lowest BCUT2D eigenvalue weighted by Gasteiger charge is -2.16. The molecule has 0 bridgehead atoms. The van der Waals surface area contributed by atoms with Crippen molar-refractivity contribution < 1.29 is 4.79 Å². The Morgan fingerprint density at radius 2 is 1.96 bits per heavy atom. The number of aromatic nitrogens is 2. The molecule has 1 atom stereocenters. The number of hydrogen-bond acceptors (Lipinski definition) is 5. The molecule has 7 heteroatoms. The normalized spacial score (nSPS) is 12.5. The van der Waals surface area contributed by atoms with E-state index in [1.54, 1.807) is 0 Å². The van der Waals surface area contributed by atoms with Crippen LogP contribution in [-0.4, -0.2) is 27.7 Å². The van der Waals surface area contributed by atoms with Crippen molar-refractivity contribution in [3.63, 3.8) is 0 Å². The van der Waals surface area contributed by atoms with Crippen LogP contribution in [-0.2, 0) is 4.79 Å². The molecule has 1 amide bonds. The first-order chi connectivity index (χ1) is 12.9. The van der Waals surface area contributed by atoms with E-state index in [-0.39, 0.29) is 23.3 Å². The molecule has 2 heterocycles. The maximum atomic E-state index is 12.7. The van der Waals surface area contributed by atoms with E-state index < -0.39 is 0 Å². The van der Waals surface area contributed by atoms with Gasteiger partial charge in [-0.05, 0) is 25.3 Å². The third-order valence-electron chi connectivity index (χ3n) is 4.51. The van der Waals surface area contributed by atoms with Gasteiger partial charge in [0.05, 0.1) is 11.1 Å². The van der Waals surface area contributed by atoms with Crippen molar-refractivity contribution in [2.75, 3.05) is 5.75 Å². The summed E-state index contributed by atoms with van der Waals surface area (Å²) in [5.41, 5.74) is 1.78. The topological polar surface area (TPSA) is 74.8 Å². The number of aryl methyl sites for hydroxylation is 1. The summed E-state index contributed by atoms with van der Waals surface area (Å²) in [5.74, 6) is 0.538. The maximum Gasteiger partial charge on any atom is 0.260 e. The van der Waals surface area contributed by atoms with Gasteiger partial charge in [-0.3, -0.25) is 9.59 Å². The van der Waals surface area contributed by atoms with Gasteiger partial charge in [0.25, 0.3) is 5.56 Å².